The summed E-state index contributed by atoms with van der Waals surface area (Å²) in [4.78, 5) is 5.99. The van der Waals surface area contributed by atoms with Crippen molar-refractivity contribution >= 4 is 22.9 Å². The molecule has 21 heavy (non-hydrogen) atoms. The van der Waals surface area contributed by atoms with Gasteiger partial charge < -0.3 is 10.1 Å². The zero-order chi connectivity index (χ0) is 15.1. The number of benzene rings is 1. The van der Waals surface area contributed by atoms with Gasteiger partial charge in [0.2, 0.25) is 0 Å². The average Bonchev–Trinajstić information content (AvgIpc) is 2.84. The van der Waals surface area contributed by atoms with Crippen LogP contribution in [-0.4, -0.2) is 18.6 Å². The van der Waals surface area contributed by atoms with Crippen molar-refractivity contribution < 1.29 is 4.74 Å². The predicted octanol–water partition coefficient (Wildman–Crippen LogP) is 4.03. The monoisotopic (exact) mass is 324 g/mol. The summed E-state index contributed by atoms with van der Waals surface area (Å²) >= 11 is 7.68. The molecule has 5 heteroatoms. The minimum Gasteiger partial charge on any atom is -0.378 e. The molecule has 2 rings (SSSR count). The van der Waals surface area contributed by atoms with E-state index in [-0.39, 0.29) is 0 Å². The van der Waals surface area contributed by atoms with Crippen LogP contribution in [0.3, 0.4) is 0 Å². The maximum absolute atomic E-state index is 5.92. The molecular formula is C16H21ClN2OS. The van der Waals surface area contributed by atoms with Gasteiger partial charge in [-0.15, -0.1) is 11.3 Å². The highest BCUT2D eigenvalue weighted by molar-refractivity contribution is 7.11. The Labute approximate surface area is 135 Å². The molecule has 1 aromatic carbocycles. The smallest absolute Gasteiger partial charge is 0.0976 e. The van der Waals surface area contributed by atoms with Crippen LogP contribution in [-0.2, 0) is 24.3 Å². The Hall–Kier alpha value is -0.940. The number of nitrogens with zero attached hydrogens (tertiary/aromatic N) is 1. The summed E-state index contributed by atoms with van der Waals surface area (Å²) in [7, 11) is 1.71. The molecule has 0 aliphatic carbocycles. The van der Waals surface area contributed by atoms with E-state index in [1.54, 1.807) is 18.4 Å². The second-order valence-electron chi connectivity index (χ2n) is 4.89. The molecule has 114 valence electrons. The Kier molecular flexibility index (Phi) is 6.64. The van der Waals surface area contributed by atoms with E-state index in [2.05, 4.69) is 24.4 Å². The topological polar surface area (TPSA) is 34.2 Å². The minimum atomic E-state index is 0.570. The van der Waals surface area contributed by atoms with E-state index in [0.29, 0.717) is 6.61 Å². The molecule has 0 amide bonds. The van der Waals surface area contributed by atoms with Crippen LogP contribution in [0, 0.1) is 0 Å². The zero-order valence-electron chi connectivity index (χ0n) is 12.5. The fraction of sp³-hybridized carbons (Fsp3) is 0.438. The number of nitrogens with one attached hydrogen (secondary N) is 1. The van der Waals surface area contributed by atoms with Crippen molar-refractivity contribution in [2.24, 2.45) is 0 Å². The van der Waals surface area contributed by atoms with Crippen LogP contribution in [0.1, 0.15) is 34.5 Å². The third-order valence-corrected chi connectivity index (χ3v) is 4.43. The highest BCUT2D eigenvalue weighted by atomic mass is 35.5. The first kappa shape index (κ1) is 16.4. The van der Waals surface area contributed by atoms with Crippen molar-refractivity contribution in [1.82, 2.24) is 10.3 Å². The van der Waals surface area contributed by atoms with Gasteiger partial charge in [-0.2, -0.15) is 0 Å². The van der Waals surface area contributed by atoms with Crippen LogP contribution in [0.2, 0.25) is 5.02 Å². The van der Waals surface area contributed by atoms with E-state index in [1.165, 1.54) is 10.4 Å². The number of rotatable bonds is 8. The molecule has 0 fully saturated rings. The molecule has 0 unspecified atom stereocenters. The maximum atomic E-state index is 5.92. The quantitative estimate of drug-likeness (QED) is 0.744. The standard InChI is InChI=1S/C16H21ClN2OS/c1-3-8-18-10-15-14(11-20-2)19-16(21-15)9-12-4-6-13(17)7-5-12/h4-7,18H,3,8-11H2,1-2H3. The Morgan fingerprint density at radius 2 is 2.05 bits per heavy atom. The van der Waals surface area contributed by atoms with E-state index in [4.69, 9.17) is 21.3 Å². The summed E-state index contributed by atoms with van der Waals surface area (Å²) < 4.78 is 5.25. The summed E-state index contributed by atoms with van der Waals surface area (Å²) in [5, 5.41) is 5.32. The molecule has 0 atom stereocenters. The first-order valence-corrected chi connectivity index (χ1v) is 8.34. The largest absolute Gasteiger partial charge is 0.378 e. The van der Waals surface area contributed by atoms with Crippen molar-refractivity contribution in [1.29, 1.82) is 0 Å². The lowest BCUT2D eigenvalue weighted by molar-refractivity contribution is 0.181. The molecule has 0 saturated heterocycles. The van der Waals surface area contributed by atoms with Crippen LogP contribution < -0.4 is 5.32 Å². The van der Waals surface area contributed by atoms with Crippen LogP contribution in [0.4, 0.5) is 0 Å². The molecule has 0 radical (unpaired) electrons. The zero-order valence-corrected chi connectivity index (χ0v) is 14.1. The molecule has 0 saturated carbocycles. The van der Waals surface area contributed by atoms with Crippen LogP contribution in [0.5, 0.6) is 0 Å². The molecular weight excluding hydrogens is 304 g/mol. The van der Waals surface area contributed by atoms with E-state index < -0.39 is 0 Å². The highest BCUT2D eigenvalue weighted by Crippen LogP contribution is 2.22. The molecule has 0 bridgehead atoms. The maximum Gasteiger partial charge on any atom is 0.0976 e. The Morgan fingerprint density at radius 3 is 2.71 bits per heavy atom. The van der Waals surface area contributed by atoms with Gasteiger partial charge in [-0.05, 0) is 30.7 Å². The lowest BCUT2D eigenvalue weighted by Crippen LogP contribution is -2.14. The Bertz CT molecular complexity index is 554. The normalized spacial score (nSPS) is 11.0. The summed E-state index contributed by atoms with van der Waals surface area (Å²) in [6.45, 7) is 4.63. The van der Waals surface area contributed by atoms with Gasteiger partial charge in [-0.1, -0.05) is 30.7 Å². The minimum absolute atomic E-state index is 0.570. The van der Waals surface area contributed by atoms with Crippen LogP contribution in [0.15, 0.2) is 24.3 Å². The van der Waals surface area contributed by atoms with E-state index >= 15 is 0 Å². The van der Waals surface area contributed by atoms with Crippen LogP contribution in [0.25, 0.3) is 0 Å². The van der Waals surface area contributed by atoms with Gasteiger partial charge in [0.25, 0.3) is 0 Å². The average molecular weight is 325 g/mol. The van der Waals surface area contributed by atoms with Crippen molar-refractivity contribution in [2.75, 3.05) is 13.7 Å². The number of ether oxygens (including phenoxy) is 1. The summed E-state index contributed by atoms with van der Waals surface area (Å²) in [5.41, 5.74) is 2.28. The van der Waals surface area contributed by atoms with E-state index in [9.17, 15) is 0 Å². The SMILES string of the molecule is CCCNCc1sc(Cc2ccc(Cl)cc2)nc1COC. The summed E-state index contributed by atoms with van der Waals surface area (Å²) in [6.07, 6.45) is 1.97. The lowest BCUT2D eigenvalue weighted by Gasteiger charge is -2.02. The van der Waals surface area contributed by atoms with Gasteiger partial charge in [-0.25, -0.2) is 4.98 Å². The van der Waals surface area contributed by atoms with Crippen molar-refractivity contribution in [3.63, 3.8) is 0 Å². The van der Waals surface area contributed by atoms with E-state index in [0.717, 1.165) is 41.7 Å². The first-order valence-electron chi connectivity index (χ1n) is 7.14. The molecule has 0 aliphatic heterocycles. The second-order valence-corrected chi connectivity index (χ2v) is 6.50. The van der Waals surface area contributed by atoms with Crippen molar-refractivity contribution in [2.45, 2.75) is 32.9 Å². The number of aromatic nitrogens is 1. The number of hydrogen-bond donors (Lipinski definition) is 1. The van der Waals surface area contributed by atoms with Gasteiger partial charge in [0, 0.05) is 30.0 Å². The Balaban J connectivity index is 2.08. The molecule has 1 aromatic heterocycles. The molecule has 2 aromatic rings. The first-order chi connectivity index (χ1) is 10.2. The van der Waals surface area contributed by atoms with Gasteiger partial charge in [0.1, 0.15) is 0 Å². The molecule has 0 spiro atoms. The van der Waals surface area contributed by atoms with Crippen molar-refractivity contribution in [3.8, 4) is 0 Å². The van der Waals surface area contributed by atoms with E-state index in [1.807, 2.05) is 12.1 Å². The number of thiazole rings is 1. The molecule has 1 N–H and O–H groups in total. The predicted molar refractivity (Wildman–Crippen MR) is 89.1 cm³/mol. The lowest BCUT2D eigenvalue weighted by atomic mass is 10.2. The number of hydrogen-bond acceptors (Lipinski definition) is 4. The Morgan fingerprint density at radius 1 is 1.29 bits per heavy atom. The van der Waals surface area contributed by atoms with Crippen LogP contribution >= 0.6 is 22.9 Å². The molecule has 0 aliphatic rings. The highest BCUT2D eigenvalue weighted by Gasteiger charge is 2.11. The fourth-order valence-electron chi connectivity index (χ4n) is 2.06. The van der Waals surface area contributed by atoms with Crippen molar-refractivity contribution in [3.05, 3.63) is 50.4 Å². The van der Waals surface area contributed by atoms with Gasteiger partial charge in [0.05, 0.1) is 17.3 Å². The fourth-order valence-corrected chi connectivity index (χ4v) is 3.26. The summed E-state index contributed by atoms with van der Waals surface area (Å²) in [6, 6.07) is 7.94. The van der Waals surface area contributed by atoms with Gasteiger partial charge in [-0.3, -0.25) is 0 Å². The number of halogens is 1. The number of methoxy groups -OCH3 is 1. The van der Waals surface area contributed by atoms with Gasteiger partial charge >= 0.3 is 0 Å². The molecule has 1 heterocycles. The van der Waals surface area contributed by atoms with Gasteiger partial charge in [0.15, 0.2) is 0 Å². The third-order valence-electron chi connectivity index (χ3n) is 3.08. The molecule has 3 nitrogen and oxygen atoms in total. The third kappa shape index (κ3) is 5.08. The summed E-state index contributed by atoms with van der Waals surface area (Å²) in [5.74, 6) is 0. The second kappa shape index (κ2) is 8.49.